The molecule has 148 valence electrons. The Morgan fingerprint density at radius 1 is 1.11 bits per heavy atom. The molecule has 1 aliphatic rings. The van der Waals surface area contributed by atoms with Crippen molar-refractivity contribution in [2.24, 2.45) is 0 Å². The molecule has 1 amide bonds. The molecule has 1 atom stereocenters. The number of nitrogens with one attached hydrogen (secondary N) is 1. The van der Waals surface area contributed by atoms with E-state index in [1.807, 2.05) is 38.1 Å². The Kier molecular flexibility index (Phi) is 5.93. The van der Waals surface area contributed by atoms with Gasteiger partial charge in [0.15, 0.2) is 11.5 Å². The monoisotopic (exact) mass is 381 g/mol. The molecule has 0 bridgehead atoms. The zero-order valence-corrected chi connectivity index (χ0v) is 17.0. The third kappa shape index (κ3) is 4.30. The first-order valence-electron chi connectivity index (χ1n) is 9.45. The molecular weight excluding hydrogens is 354 g/mol. The van der Waals surface area contributed by atoms with Gasteiger partial charge in [0.25, 0.3) is 0 Å². The van der Waals surface area contributed by atoms with Crippen molar-refractivity contribution >= 4 is 12.0 Å². The Labute approximate surface area is 166 Å². The molecule has 0 spiro atoms. The van der Waals surface area contributed by atoms with Gasteiger partial charge in [-0.15, -0.1) is 0 Å². The topological polar surface area (TPSA) is 56.8 Å². The molecule has 28 heavy (non-hydrogen) atoms. The predicted molar refractivity (Wildman–Crippen MR) is 110 cm³/mol. The predicted octanol–water partition coefficient (Wildman–Crippen LogP) is 4.75. The van der Waals surface area contributed by atoms with Crippen molar-refractivity contribution < 1.29 is 19.0 Å². The Balaban J connectivity index is 1.71. The highest BCUT2D eigenvalue weighted by atomic mass is 16.7. The fourth-order valence-electron chi connectivity index (χ4n) is 3.34. The van der Waals surface area contributed by atoms with Gasteiger partial charge in [-0.25, -0.2) is 0 Å². The molecule has 1 aliphatic heterocycles. The molecule has 5 nitrogen and oxygen atoms in total. The van der Waals surface area contributed by atoms with E-state index >= 15 is 0 Å². The van der Waals surface area contributed by atoms with Crippen LogP contribution in [0.3, 0.4) is 0 Å². The standard InChI is InChI=1S/C23H27NO4/c1-14(2)18-12-19(15(3)10-21(18)26-5)16(4)24-23(25)9-7-17-6-8-20-22(11-17)28-13-27-20/h6-12,14,16H,13H2,1-5H3,(H,24,25)/b9-7+. The van der Waals surface area contributed by atoms with Crippen molar-refractivity contribution in [2.45, 2.75) is 39.7 Å². The lowest BCUT2D eigenvalue weighted by Gasteiger charge is -2.20. The van der Waals surface area contributed by atoms with Crippen LogP contribution in [-0.2, 0) is 4.79 Å². The molecule has 5 heteroatoms. The maximum atomic E-state index is 12.4. The van der Waals surface area contributed by atoms with E-state index in [-0.39, 0.29) is 18.7 Å². The second-order valence-electron chi connectivity index (χ2n) is 7.28. The molecule has 0 saturated carbocycles. The van der Waals surface area contributed by atoms with Crippen molar-refractivity contribution in [1.82, 2.24) is 5.32 Å². The van der Waals surface area contributed by atoms with Crippen LogP contribution in [0.2, 0.25) is 0 Å². The van der Waals surface area contributed by atoms with Crippen LogP contribution in [0.25, 0.3) is 6.08 Å². The molecule has 0 saturated heterocycles. The fraction of sp³-hybridized carbons (Fsp3) is 0.348. The van der Waals surface area contributed by atoms with Crippen LogP contribution >= 0.6 is 0 Å². The Morgan fingerprint density at radius 3 is 2.57 bits per heavy atom. The Bertz CT molecular complexity index is 902. The number of fused-ring (bicyclic) bond motifs is 1. The first kappa shape index (κ1) is 19.8. The molecule has 0 aromatic heterocycles. The van der Waals surface area contributed by atoms with Gasteiger partial charge >= 0.3 is 0 Å². The van der Waals surface area contributed by atoms with Crippen molar-refractivity contribution in [2.75, 3.05) is 13.9 Å². The summed E-state index contributed by atoms with van der Waals surface area (Å²) < 4.78 is 16.2. The van der Waals surface area contributed by atoms with Gasteiger partial charge in [-0.2, -0.15) is 0 Å². The third-order valence-corrected chi connectivity index (χ3v) is 4.89. The maximum Gasteiger partial charge on any atom is 0.244 e. The minimum Gasteiger partial charge on any atom is -0.496 e. The smallest absolute Gasteiger partial charge is 0.244 e. The summed E-state index contributed by atoms with van der Waals surface area (Å²) in [7, 11) is 1.69. The van der Waals surface area contributed by atoms with Crippen LogP contribution in [0.1, 0.15) is 55.0 Å². The van der Waals surface area contributed by atoms with Crippen LogP contribution in [0.5, 0.6) is 17.2 Å². The summed E-state index contributed by atoms with van der Waals surface area (Å²) in [6.45, 7) is 8.53. The first-order chi connectivity index (χ1) is 13.4. The summed E-state index contributed by atoms with van der Waals surface area (Å²) >= 11 is 0. The summed E-state index contributed by atoms with van der Waals surface area (Å²) in [4.78, 5) is 12.4. The molecule has 3 rings (SSSR count). The SMILES string of the molecule is COc1cc(C)c(C(C)NC(=O)/C=C/c2ccc3c(c2)OCO3)cc1C(C)C. The molecule has 0 aliphatic carbocycles. The quantitative estimate of drug-likeness (QED) is 0.734. The average molecular weight is 381 g/mol. The third-order valence-electron chi connectivity index (χ3n) is 4.89. The van der Waals surface area contributed by atoms with Gasteiger partial charge < -0.3 is 19.5 Å². The van der Waals surface area contributed by atoms with Gasteiger partial charge in [0, 0.05) is 6.08 Å². The van der Waals surface area contributed by atoms with E-state index in [1.165, 1.54) is 6.08 Å². The zero-order chi connectivity index (χ0) is 20.3. The second-order valence-corrected chi connectivity index (χ2v) is 7.28. The van der Waals surface area contributed by atoms with E-state index < -0.39 is 0 Å². The van der Waals surface area contributed by atoms with Gasteiger partial charge in [0.05, 0.1) is 13.2 Å². The van der Waals surface area contributed by atoms with Gasteiger partial charge in [0.2, 0.25) is 12.7 Å². The minimum atomic E-state index is -0.147. The number of rotatable bonds is 6. The molecule has 1 unspecified atom stereocenters. The second kappa shape index (κ2) is 8.38. The number of amides is 1. The van der Waals surface area contributed by atoms with Crippen molar-refractivity contribution in [3.63, 3.8) is 0 Å². The highest BCUT2D eigenvalue weighted by Gasteiger charge is 2.16. The van der Waals surface area contributed by atoms with E-state index in [4.69, 9.17) is 14.2 Å². The molecule has 0 fully saturated rings. The lowest BCUT2D eigenvalue weighted by Crippen LogP contribution is -2.25. The van der Waals surface area contributed by atoms with Gasteiger partial charge in [0.1, 0.15) is 5.75 Å². The fourth-order valence-corrected chi connectivity index (χ4v) is 3.34. The number of benzene rings is 2. The van der Waals surface area contributed by atoms with Crippen LogP contribution < -0.4 is 19.5 Å². The number of aryl methyl sites for hydroxylation is 1. The van der Waals surface area contributed by atoms with E-state index in [0.717, 1.165) is 33.8 Å². The normalized spacial score (nSPS) is 13.8. The highest BCUT2D eigenvalue weighted by Crippen LogP contribution is 2.33. The van der Waals surface area contributed by atoms with E-state index in [0.29, 0.717) is 11.7 Å². The average Bonchev–Trinajstić information content (AvgIpc) is 3.13. The summed E-state index contributed by atoms with van der Waals surface area (Å²) in [5.74, 6) is 2.50. The molecular formula is C23H27NO4. The highest BCUT2D eigenvalue weighted by molar-refractivity contribution is 5.92. The van der Waals surface area contributed by atoms with E-state index in [9.17, 15) is 4.79 Å². The summed E-state index contributed by atoms with van der Waals surface area (Å²) in [5, 5.41) is 3.04. The number of hydrogen-bond acceptors (Lipinski definition) is 4. The van der Waals surface area contributed by atoms with Crippen molar-refractivity contribution in [3.8, 4) is 17.2 Å². The van der Waals surface area contributed by atoms with Crippen LogP contribution in [0.4, 0.5) is 0 Å². The van der Waals surface area contributed by atoms with E-state index in [1.54, 1.807) is 13.2 Å². The van der Waals surface area contributed by atoms with Crippen LogP contribution in [0, 0.1) is 6.92 Å². The number of methoxy groups -OCH3 is 1. The Morgan fingerprint density at radius 2 is 1.86 bits per heavy atom. The zero-order valence-electron chi connectivity index (χ0n) is 17.0. The van der Waals surface area contributed by atoms with Crippen LogP contribution in [0.15, 0.2) is 36.4 Å². The van der Waals surface area contributed by atoms with Crippen molar-refractivity contribution in [3.05, 3.63) is 58.7 Å². The first-order valence-corrected chi connectivity index (χ1v) is 9.45. The van der Waals surface area contributed by atoms with Crippen LogP contribution in [-0.4, -0.2) is 19.8 Å². The maximum absolute atomic E-state index is 12.4. The number of hydrogen-bond donors (Lipinski definition) is 1. The lowest BCUT2D eigenvalue weighted by molar-refractivity contribution is -0.117. The molecule has 1 heterocycles. The van der Waals surface area contributed by atoms with Gasteiger partial charge in [-0.3, -0.25) is 4.79 Å². The molecule has 0 radical (unpaired) electrons. The number of carbonyl (C=O) groups is 1. The summed E-state index contributed by atoms with van der Waals surface area (Å²) in [5.41, 5.74) is 4.21. The summed E-state index contributed by atoms with van der Waals surface area (Å²) in [6, 6.07) is 9.65. The van der Waals surface area contributed by atoms with Gasteiger partial charge in [-0.1, -0.05) is 19.9 Å². The number of ether oxygens (including phenoxy) is 3. The van der Waals surface area contributed by atoms with Gasteiger partial charge in [-0.05, 0) is 72.4 Å². The Hall–Kier alpha value is -2.95. The minimum absolute atomic E-state index is 0.114. The molecule has 2 aromatic rings. The molecule has 2 aromatic carbocycles. The summed E-state index contributed by atoms with van der Waals surface area (Å²) in [6.07, 6.45) is 3.31. The lowest BCUT2D eigenvalue weighted by atomic mass is 9.93. The molecule has 1 N–H and O–H groups in total. The van der Waals surface area contributed by atoms with E-state index in [2.05, 4.69) is 25.2 Å². The largest absolute Gasteiger partial charge is 0.496 e. The van der Waals surface area contributed by atoms with Crippen molar-refractivity contribution in [1.29, 1.82) is 0 Å². The number of carbonyl (C=O) groups excluding carboxylic acids is 1.